The minimum absolute atomic E-state index is 0.0533. The summed E-state index contributed by atoms with van der Waals surface area (Å²) in [6.07, 6.45) is 1.06. The van der Waals surface area contributed by atoms with E-state index in [0.717, 1.165) is 26.1 Å². The van der Waals surface area contributed by atoms with Gasteiger partial charge in [-0.15, -0.1) is 0 Å². The van der Waals surface area contributed by atoms with Crippen LogP contribution < -0.4 is 20.9 Å². The second-order valence-electron chi connectivity index (χ2n) is 6.06. The molecule has 0 aliphatic carbocycles. The van der Waals surface area contributed by atoms with Crippen molar-refractivity contribution >= 4 is 17.6 Å². The van der Waals surface area contributed by atoms with Gasteiger partial charge in [-0.05, 0) is 39.3 Å². The molecular formula is C18H29N5O. The molecule has 132 valence electrons. The first-order valence-corrected chi connectivity index (χ1v) is 8.75. The van der Waals surface area contributed by atoms with Crippen molar-refractivity contribution in [1.82, 2.24) is 16.0 Å². The summed E-state index contributed by atoms with van der Waals surface area (Å²) >= 11 is 0. The van der Waals surface area contributed by atoms with E-state index in [9.17, 15) is 4.79 Å². The number of guanidine groups is 1. The number of aryl methyl sites for hydroxylation is 1. The number of nitrogens with one attached hydrogen (secondary N) is 3. The van der Waals surface area contributed by atoms with Gasteiger partial charge in [0.15, 0.2) is 5.96 Å². The maximum Gasteiger partial charge on any atom is 0.241 e. The molecule has 3 N–H and O–H groups in total. The monoisotopic (exact) mass is 331 g/mol. The van der Waals surface area contributed by atoms with E-state index in [2.05, 4.69) is 57.0 Å². The Bertz CT molecular complexity index is 555. The molecule has 24 heavy (non-hydrogen) atoms. The van der Waals surface area contributed by atoms with E-state index in [1.165, 1.54) is 11.3 Å². The molecule has 0 aromatic heterocycles. The zero-order valence-electron chi connectivity index (χ0n) is 14.9. The molecule has 1 unspecified atom stereocenters. The highest BCUT2D eigenvalue weighted by Crippen LogP contribution is 2.20. The lowest BCUT2D eigenvalue weighted by molar-refractivity contribution is -0.119. The number of nitrogens with zero attached hydrogens (tertiary/aromatic N) is 2. The van der Waals surface area contributed by atoms with E-state index in [4.69, 9.17) is 0 Å². The number of anilines is 1. The molecule has 6 nitrogen and oxygen atoms in total. The lowest BCUT2D eigenvalue weighted by Gasteiger charge is -2.20. The molecule has 1 aliphatic rings. The maximum absolute atomic E-state index is 11.6. The third-order valence-electron chi connectivity index (χ3n) is 4.03. The lowest BCUT2D eigenvalue weighted by Crippen LogP contribution is -2.45. The highest BCUT2D eigenvalue weighted by Gasteiger charge is 2.23. The van der Waals surface area contributed by atoms with Gasteiger partial charge in [0, 0.05) is 37.9 Å². The Hall–Kier alpha value is -2.24. The first-order valence-electron chi connectivity index (χ1n) is 8.75. The van der Waals surface area contributed by atoms with Crippen molar-refractivity contribution in [3.63, 3.8) is 0 Å². The summed E-state index contributed by atoms with van der Waals surface area (Å²) in [5, 5.41) is 9.41. The predicted octanol–water partition coefficient (Wildman–Crippen LogP) is 1.26. The molecular weight excluding hydrogens is 302 g/mol. The van der Waals surface area contributed by atoms with E-state index in [-0.39, 0.29) is 12.5 Å². The normalized spacial score (nSPS) is 17.7. The smallest absolute Gasteiger partial charge is 0.241 e. The van der Waals surface area contributed by atoms with Gasteiger partial charge in [-0.25, -0.2) is 4.99 Å². The van der Waals surface area contributed by atoms with Gasteiger partial charge in [-0.1, -0.05) is 17.7 Å². The second kappa shape index (κ2) is 9.15. The summed E-state index contributed by atoms with van der Waals surface area (Å²) in [7, 11) is 0. The average Bonchev–Trinajstić information content (AvgIpc) is 3.02. The quantitative estimate of drug-likeness (QED) is 0.542. The highest BCUT2D eigenvalue weighted by atomic mass is 16.1. The number of carbonyl (C=O) groups is 1. The Labute approximate surface area is 144 Å². The lowest BCUT2D eigenvalue weighted by atomic mass is 10.2. The van der Waals surface area contributed by atoms with Crippen LogP contribution in [-0.4, -0.2) is 50.6 Å². The zero-order chi connectivity index (χ0) is 17.4. The zero-order valence-corrected chi connectivity index (χ0v) is 14.9. The molecule has 0 radical (unpaired) electrons. The van der Waals surface area contributed by atoms with Gasteiger partial charge in [0.2, 0.25) is 5.91 Å². The van der Waals surface area contributed by atoms with Crippen LogP contribution in [0.25, 0.3) is 0 Å². The largest absolute Gasteiger partial charge is 0.369 e. The van der Waals surface area contributed by atoms with Crippen molar-refractivity contribution < 1.29 is 4.79 Å². The summed E-state index contributed by atoms with van der Waals surface area (Å²) < 4.78 is 0. The number of hydrogen-bond donors (Lipinski definition) is 3. The molecule has 1 aliphatic heterocycles. The summed E-state index contributed by atoms with van der Waals surface area (Å²) in [5.41, 5.74) is 2.54. The summed E-state index contributed by atoms with van der Waals surface area (Å²) in [6, 6.07) is 8.97. The van der Waals surface area contributed by atoms with Crippen LogP contribution in [0.5, 0.6) is 0 Å². The number of amides is 1. The van der Waals surface area contributed by atoms with Gasteiger partial charge < -0.3 is 20.9 Å². The van der Waals surface area contributed by atoms with Gasteiger partial charge >= 0.3 is 0 Å². The topological polar surface area (TPSA) is 68.8 Å². The van der Waals surface area contributed by atoms with Crippen LogP contribution in [0.1, 0.15) is 25.8 Å². The molecule has 1 saturated heterocycles. The van der Waals surface area contributed by atoms with E-state index >= 15 is 0 Å². The van der Waals surface area contributed by atoms with E-state index in [0.29, 0.717) is 18.5 Å². The molecule has 1 amide bonds. The maximum atomic E-state index is 11.6. The van der Waals surface area contributed by atoms with Crippen molar-refractivity contribution in [2.45, 2.75) is 33.2 Å². The fraction of sp³-hybridized carbons (Fsp3) is 0.556. The van der Waals surface area contributed by atoms with Gasteiger partial charge in [-0.2, -0.15) is 0 Å². The Morgan fingerprint density at radius 2 is 1.92 bits per heavy atom. The Morgan fingerprint density at radius 1 is 1.21 bits per heavy atom. The fourth-order valence-electron chi connectivity index (χ4n) is 2.79. The third-order valence-corrected chi connectivity index (χ3v) is 4.03. The van der Waals surface area contributed by atoms with E-state index in [1.807, 2.05) is 13.8 Å². The fourth-order valence-corrected chi connectivity index (χ4v) is 2.79. The van der Waals surface area contributed by atoms with E-state index < -0.39 is 0 Å². The van der Waals surface area contributed by atoms with Gasteiger partial charge in [-0.3, -0.25) is 4.79 Å². The molecule has 1 atom stereocenters. The standard InChI is InChI=1S/C18H29N5O/c1-4-19-17(24)12-21-18(20-5-2)22-15-10-11-23(13-15)16-8-6-14(3)7-9-16/h6-9,15H,4-5,10-13H2,1-3H3,(H,19,24)(H2,20,21,22). The van der Waals surface area contributed by atoms with Crippen molar-refractivity contribution in [3.8, 4) is 0 Å². The molecule has 1 fully saturated rings. The highest BCUT2D eigenvalue weighted by molar-refractivity contribution is 5.85. The minimum Gasteiger partial charge on any atom is -0.369 e. The molecule has 2 rings (SSSR count). The molecule has 1 aromatic carbocycles. The van der Waals surface area contributed by atoms with Crippen molar-refractivity contribution in [3.05, 3.63) is 29.8 Å². The van der Waals surface area contributed by atoms with Crippen LogP contribution in [0.15, 0.2) is 29.3 Å². The SMILES string of the molecule is CCNC(=O)CN=C(NCC)NC1CCN(c2ccc(C)cc2)C1. The van der Waals surface area contributed by atoms with E-state index in [1.54, 1.807) is 0 Å². The first kappa shape index (κ1) is 18.1. The summed E-state index contributed by atoms with van der Waals surface area (Å²) in [6.45, 7) is 9.55. The third kappa shape index (κ3) is 5.44. The van der Waals surface area contributed by atoms with Crippen molar-refractivity contribution in [1.29, 1.82) is 0 Å². The Kier molecular flexibility index (Phi) is 6.90. The molecule has 0 saturated carbocycles. The Balaban J connectivity index is 1.89. The van der Waals surface area contributed by atoms with Crippen LogP contribution in [0.3, 0.4) is 0 Å². The van der Waals surface area contributed by atoms with Gasteiger partial charge in [0.25, 0.3) is 0 Å². The number of aliphatic imine (C=N–C) groups is 1. The van der Waals surface area contributed by atoms with Crippen molar-refractivity contribution in [2.24, 2.45) is 4.99 Å². The van der Waals surface area contributed by atoms with Crippen LogP contribution in [0.4, 0.5) is 5.69 Å². The predicted molar refractivity (Wildman–Crippen MR) is 99.6 cm³/mol. The van der Waals surface area contributed by atoms with Crippen molar-refractivity contribution in [2.75, 3.05) is 37.6 Å². The Morgan fingerprint density at radius 3 is 2.58 bits per heavy atom. The van der Waals surface area contributed by atoms with Crippen LogP contribution in [0.2, 0.25) is 0 Å². The van der Waals surface area contributed by atoms with Crippen LogP contribution in [0, 0.1) is 6.92 Å². The molecule has 1 heterocycles. The number of rotatable bonds is 6. The molecule has 6 heteroatoms. The molecule has 1 aromatic rings. The molecule has 0 bridgehead atoms. The molecule has 0 spiro atoms. The number of carbonyl (C=O) groups excluding carboxylic acids is 1. The number of benzene rings is 1. The van der Waals surface area contributed by atoms with Crippen LogP contribution >= 0.6 is 0 Å². The average molecular weight is 331 g/mol. The van der Waals surface area contributed by atoms with Gasteiger partial charge in [0.05, 0.1) is 0 Å². The summed E-state index contributed by atoms with van der Waals surface area (Å²) in [4.78, 5) is 18.3. The number of likely N-dealkylation sites (N-methyl/N-ethyl adjacent to an activating group) is 1. The summed E-state index contributed by atoms with van der Waals surface area (Å²) in [5.74, 6) is 0.655. The minimum atomic E-state index is -0.0533. The number of hydrogen-bond acceptors (Lipinski definition) is 3. The van der Waals surface area contributed by atoms with Crippen LogP contribution in [-0.2, 0) is 4.79 Å². The second-order valence-corrected chi connectivity index (χ2v) is 6.06. The van der Waals surface area contributed by atoms with Gasteiger partial charge in [0.1, 0.15) is 6.54 Å². The first-order chi connectivity index (χ1) is 11.6.